The summed E-state index contributed by atoms with van der Waals surface area (Å²) in [4.78, 5) is 2.56. The summed E-state index contributed by atoms with van der Waals surface area (Å²) in [5.41, 5.74) is 2.70. The van der Waals surface area contributed by atoms with Crippen molar-refractivity contribution in [3.63, 3.8) is 0 Å². The highest BCUT2D eigenvalue weighted by Gasteiger charge is 2.27. The Balaban J connectivity index is 2.22. The molecule has 0 aromatic heterocycles. The fourth-order valence-corrected chi connectivity index (χ4v) is 2.56. The number of benzene rings is 1. The zero-order chi connectivity index (χ0) is 12.4. The highest BCUT2D eigenvalue weighted by atomic mass is 15.2. The van der Waals surface area contributed by atoms with Crippen LogP contribution in [-0.2, 0) is 0 Å². The molecule has 2 unspecified atom stereocenters. The van der Waals surface area contributed by atoms with Crippen LogP contribution in [0.25, 0.3) is 0 Å². The van der Waals surface area contributed by atoms with Crippen LogP contribution in [0.1, 0.15) is 26.3 Å². The van der Waals surface area contributed by atoms with Gasteiger partial charge in [-0.1, -0.05) is 31.5 Å². The van der Waals surface area contributed by atoms with Gasteiger partial charge in [0.05, 0.1) is 0 Å². The van der Waals surface area contributed by atoms with Crippen LogP contribution in [-0.4, -0.2) is 25.2 Å². The topological polar surface area (TPSA) is 15.3 Å². The zero-order valence-electron chi connectivity index (χ0n) is 11.4. The first-order valence-corrected chi connectivity index (χ1v) is 6.64. The summed E-state index contributed by atoms with van der Waals surface area (Å²) in [5, 5.41) is 3.58. The molecule has 1 aliphatic rings. The fourth-order valence-electron chi connectivity index (χ4n) is 2.56. The summed E-state index contributed by atoms with van der Waals surface area (Å²) in [6.45, 7) is 11.2. The molecule has 0 amide bonds. The van der Waals surface area contributed by atoms with E-state index in [9.17, 15) is 0 Å². The number of hydrogen-bond acceptors (Lipinski definition) is 2. The van der Waals surface area contributed by atoms with E-state index in [4.69, 9.17) is 0 Å². The van der Waals surface area contributed by atoms with E-state index < -0.39 is 0 Å². The second-order valence-corrected chi connectivity index (χ2v) is 5.61. The van der Waals surface area contributed by atoms with Gasteiger partial charge in [0.1, 0.15) is 0 Å². The largest absolute Gasteiger partial charge is 0.365 e. The van der Waals surface area contributed by atoms with Crippen LogP contribution in [0, 0.1) is 12.8 Å². The van der Waals surface area contributed by atoms with Crippen molar-refractivity contribution < 1.29 is 0 Å². The Morgan fingerprint density at radius 1 is 1.24 bits per heavy atom. The van der Waals surface area contributed by atoms with Gasteiger partial charge in [0.25, 0.3) is 0 Å². The Labute approximate surface area is 105 Å². The van der Waals surface area contributed by atoms with Gasteiger partial charge in [-0.05, 0) is 31.9 Å². The normalized spacial score (nSPS) is 25.4. The average Bonchev–Trinajstić information content (AvgIpc) is 2.29. The fraction of sp³-hybridized carbons (Fsp3) is 0.600. The average molecular weight is 232 g/mol. The highest BCUT2D eigenvalue weighted by Crippen LogP contribution is 2.24. The standard InChI is InChI=1S/C15H24N2/c1-11(2)15-9-16-13(4)10-17(15)14-7-5-12(3)6-8-14/h5-8,11,13,15-16H,9-10H2,1-4H3. The minimum absolute atomic E-state index is 0.575. The van der Waals surface area contributed by atoms with Crippen molar-refractivity contribution >= 4 is 5.69 Å². The molecule has 1 heterocycles. The van der Waals surface area contributed by atoms with Gasteiger partial charge in [-0.3, -0.25) is 0 Å². The van der Waals surface area contributed by atoms with Gasteiger partial charge in [0, 0.05) is 30.9 Å². The summed E-state index contributed by atoms with van der Waals surface area (Å²) < 4.78 is 0. The van der Waals surface area contributed by atoms with Crippen LogP contribution < -0.4 is 10.2 Å². The molecule has 1 fully saturated rings. The van der Waals surface area contributed by atoms with E-state index in [1.54, 1.807) is 0 Å². The molecule has 2 heteroatoms. The van der Waals surface area contributed by atoms with Crippen LogP contribution in [0.4, 0.5) is 5.69 Å². The van der Waals surface area contributed by atoms with Crippen LogP contribution >= 0.6 is 0 Å². The van der Waals surface area contributed by atoms with E-state index in [0.29, 0.717) is 18.0 Å². The van der Waals surface area contributed by atoms with E-state index in [1.165, 1.54) is 11.3 Å². The Morgan fingerprint density at radius 3 is 2.47 bits per heavy atom. The lowest BCUT2D eigenvalue weighted by Crippen LogP contribution is -2.57. The number of hydrogen-bond donors (Lipinski definition) is 1. The SMILES string of the molecule is Cc1ccc(N2CC(C)NCC2C(C)C)cc1. The molecule has 0 spiro atoms. The van der Waals surface area contributed by atoms with E-state index in [-0.39, 0.29) is 0 Å². The van der Waals surface area contributed by atoms with Gasteiger partial charge in [0.15, 0.2) is 0 Å². The van der Waals surface area contributed by atoms with E-state index in [2.05, 4.69) is 62.2 Å². The maximum atomic E-state index is 3.58. The van der Waals surface area contributed by atoms with Gasteiger partial charge in [-0.2, -0.15) is 0 Å². The molecule has 0 saturated carbocycles. The van der Waals surface area contributed by atoms with Crippen LogP contribution in [0.3, 0.4) is 0 Å². The van der Waals surface area contributed by atoms with E-state index in [1.807, 2.05) is 0 Å². The number of aryl methyl sites for hydroxylation is 1. The minimum atomic E-state index is 0.575. The molecule has 0 bridgehead atoms. The molecular formula is C15H24N2. The molecule has 1 N–H and O–H groups in total. The number of anilines is 1. The third-order valence-electron chi connectivity index (χ3n) is 3.68. The molecule has 1 aromatic carbocycles. The van der Waals surface area contributed by atoms with Crippen LogP contribution in [0.2, 0.25) is 0 Å². The second kappa shape index (κ2) is 5.09. The molecule has 2 rings (SSSR count). The van der Waals surface area contributed by atoms with E-state index >= 15 is 0 Å². The quantitative estimate of drug-likeness (QED) is 0.843. The first-order valence-electron chi connectivity index (χ1n) is 6.64. The molecule has 1 aromatic rings. The molecular weight excluding hydrogens is 208 g/mol. The van der Waals surface area contributed by atoms with Crippen LogP contribution in [0.15, 0.2) is 24.3 Å². The first-order chi connectivity index (χ1) is 8.08. The van der Waals surface area contributed by atoms with Crippen molar-refractivity contribution in [1.29, 1.82) is 0 Å². The Bertz CT molecular complexity index is 356. The summed E-state index contributed by atoms with van der Waals surface area (Å²) >= 11 is 0. The Hall–Kier alpha value is -1.02. The number of rotatable bonds is 2. The lowest BCUT2D eigenvalue weighted by molar-refractivity contribution is 0.349. The summed E-state index contributed by atoms with van der Waals surface area (Å²) in [5.74, 6) is 0.677. The van der Waals surface area contributed by atoms with Crippen molar-refractivity contribution in [2.45, 2.75) is 39.8 Å². The van der Waals surface area contributed by atoms with Crippen molar-refractivity contribution in [2.24, 2.45) is 5.92 Å². The molecule has 0 radical (unpaired) electrons. The smallest absolute Gasteiger partial charge is 0.0438 e. The molecule has 17 heavy (non-hydrogen) atoms. The Morgan fingerprint density at radius 2 is 1.88 bits per heavy atom. The van der Waals surface area contributed by atoms with Crippen molar-refractivity contribution in [1.82, 2.24) is 5.32 Å². The van der Waals surface area contributed by atoms with Gasteiger partial charge in [0.2, 0.25) is 0 Å². The predicted molar refractivity (Wildman–Crippen MR) is 74.6 cm³/mol. The van der Waals surface area contributed by atoms with Crippen molar-refractivity contribution in [3.8, 4) is 0 Å². The molecule has 1 aliphatic heterocycles. The maximum absolute atomic E-state index is 3.58. The maximum Gasteiger partial charge on any atom is 0.0438 e. The predicted octanol–water partition coefficient (Wildman–Crippen LogP) is 2.82. The van der Waals surface area contributed by atoms with Gasteiger partial charge in [-0.15, -0.1) is 0 Å². The summed E-state index contributed by atoms with van der Waals surface area (Å²) in [6.07, 6.45) is 0. The number of nitrogens with one attached hydrogen (secondary N) is 1. The molecule has 2 nitrogen and oxygen atoms in total. The van der Waals surface area contributed by atoms with Crippen LogP contribution in [0.5, 0.6) is 0 Å². The molecule has 94 valence electrons. The van der Waals surface area contributed by atoms with Gasteiger partial charge >= 0.3 is 0 Å². The third-order valence-corrected chi connectivity index (χ3v) is 3.68. The molecule has 0 aliphatic carbocycles. The van der Waals surface area contributed by atoms with Gasteiger partial charge < -0.3 is 10.2 Å². The number of nitrogens with zero attached hydrogens (tertiary/aromatic N) is 1. The lowest BCUT2D eigenvalue weighted by atomic mass is 9.98. The van der Waals surface area contributed by atoms with Crippen molar-refractivity contribution in [2.75, 3.05) is 18.0 Å². The van der Waals surface area contributed by atoms with Gasteiger partial charge in [-0.25, -0.2) is 0 Å². The highest BCUT2D eigenvalue weighted by molar-refractivity contribution is 5.49. The monoisotopic (exact) mass is 232 g/mol. The van der Waals surface area contributed by atoms with E-state index in [0.717, 1.165) is 13.1 Å². The molecule has 1 saturated heterocycles. The summed E-state index contributed by atoms with van der Waals surface area (Å²) in [6, 6.07) is 10.1. The molecule has 2 atom stereocenters. The zero-order valence-corrected chi connectivity index (χ0v) is 11.4. The number of piperazine rings is 1. The van der Waals surface area contributed by atoms with Crippen molar-refractivity contribution in [3.05, 3.63) is 29.8 Å². The lowest BCUT2D eigenvalue weighted by Gasteiger charge is -2.43. The third kappa shape index (κ3) is 2.81. The first kappa shape index (κ1) is 12.4. The minimum Gasteiger partial charge on any atom is -0.365 e. The second-order valence-electron chi connectivity index (χ2n) is 5.61. The summed E-state index contributed by atoms with van der Waals surface area (Å²) in [7, 11) is 0. The Kier molecular flexibility index (Phi) is 3.72.